The molecule has 0 fully saturated rings. The van der Waals surface area contributed by atoms with Crippen LogP contribution in [-0.2, 0) is 0 Å². The van der Waals surface area contributed by atoms with Gasteiger partial charge >= 0.3 is 149 Å². The monoisotopic (exact) mass is 408 g/mol. The van der Waals surface area contributed by atoms with Crippen LogP contribution in [0.5, 0.6) is 28.7 Å². The Balaban J connectivity index is 1.69. The van der Waals surface area contributed by atoms with E-state index in [1.165, 1.54) is 0 Å². The molecule has 2 radical (unpaired) electrons. The third-order valence-electron chi connectivity index (χ3n) is 3.48. The van der Waals surface area contributed by atoms with Crippen molar-refractivity contribution in [3.05, 3.63) is 78.4 Å². The van der Waals surface area contributed by atoms with E-state index in [-0.39, 0.29) is 0 Å². The van der Waals surface area contributed by atoms with Gasteiger partial charge in [0.05, 0.1) is 0 Å². The zero-order chi connectivity index (χ0) is 18.4. The Morgan fingerprint density at radius 3 is 1.65 bits per heavy atom. The molecule has 3 rings (SSSR count). The van der Waals surface area contributed by atoms with Gasteiger partial charge in [-0.2, -0.15) is 0 Å². The van der Waals surface area contributed by atoms with Crippen LogP contribution < -0.4 is 13.2 Å². The second-order valence-electron chi connectivity index (χ2n) is 6.34. The molecule has 0 heterocycles. The summed E-state index contributed by atoms with van der Waals surface area (Å²) in [6.45, 7) is 6.41. The standard InChI is InChI=1S/C22H22GeO3/c1-16(2)23-26-22-12-6-11-21(15-22)25-20-10-5-9-19(14-20)24-18-8-4-7-17(3)13-18/h4-16H,1-3H3. The van der Waals surface area contributed by atoms with Gasteiger partial charge in [-0.25, -0.2) is 0 Å². The van der Waals surface area contributed by atoms with Crippen molar-refractivity contribution in [3.63, 3.8) is 0 Å². The molecular weight excluding hydrogens is 385 g/mol. The van der Waals surface area contributed by atoms with Crippen LogP contribution in [-0.4, -0.2) is 15.8 Å². The van der Waals surface area contributed by atoms with Crippen LogP contribution in [0.4, 0.5) is 0 Å². The first-order valence-electron chi connectivity index (χ1n) is 8.63. The molecule has 0 aromatic heterocycles. The average Bonchev–Trinajstić information content (AvgIpc) is 2.61. The van der Waals surface area contributed by atoms with Crippen molar-refractivity contribution in [2.75, 3.05) is 0 Å². The van der Waals surface area contributed by atoms with Gasteiger partial charge in [0.2, 0.25) is 0 Å². The molecule has 0 atom stereocenters. The maximum absolute atomic E-state index is 5.98. The second kappa shape index (κ2) is 8.81. The van der Waals surface area contributed by atoms with E-state index in [0.29, 0.717) is 4.75 Å². The first kappa shape index (κ1) is 18.4. The fraction of sp³-hybridized carbons (Fsp3) is 0.182. The third-order valence-corrected chi connectivity index (χ3v) is 5.22. The molecule has 132 valence electrons. The predicted molar refractivity (Wildman–Crippen MR) is 106 cm³/mol. The van der Waals surface area contributed by atoms with Crippen molar-refractivity contribution in [1.29, 1.82) is 0 Å². The van der Waals surface area contributed by atoms with Gasteiger partial charge in [0.25, 0.3) is 0 Å². The zero-order valence-electron chi connectivity index (χ0n) is 15.2. The van der Waals surface area contributed by atoms with Crippen molar-refractivity contribution in [3.8, 4) is 28.7 Å². The van der Waals surface area contributed by atoms with Gasteiger partial charge in [0.1, 0.15) is 0 Å². The van der Waals surface area contributed by atoms with Crippen LogP contribution in [0, 0.1) is 6.92 Å². The zero-order valence-corrected chi connectivity index (χ0v) is 17.3. The van der Waals surface area contributed by atoms with E-state index in [1.54, 1.807) is 0 Å². The summed E-state index contributed by atoms with van der Waals surface area (Å²) in [6.07, 6.45) is 0. The molecule has 0 saturated carbocycles. The topological polar surface area (TPSA) is 27.7 Å². The van der Waals surface area contributed by atoms with E-state index in [1.807, 2.05) is 79.7 Å². The number of hydrogen-bond acceptors (Lipinski definition) is 3. The molecule has 3 aromatic carbocycles. The minimum absolute atomic E-state index is 0.433. The summed E-state index contributed by atoms with van der Waals surface area (Å²) in [6, 6.07) is 23.4. The Hall–Kier alpha value is -2.40. The first-order valence-corrected chi connectivity index (χ1v) is 10.7. The van der Waals surface area contributed by atoms with Crippen LogP contribution in [0.2, 0.25) is 4.75 Å². The molecule has 0 bridgehead atoms. The van der Waals surface area contributed by atoms with Crippen molar-refractivity contribution in [2.45, 2.75) is 25.5 Å². The SMILES string of the molecule is Cc1cccc(Oc2cccc(Oc3cccc([O][Ge][CH](C)C)c3)c2)c1. The summed E-state index contributed by atoms with van der Waals surface area (Å²) in [7, 11) is 0. The molecule has 0 aliphatic rings. The van der Waals surface area contributed by atoms with Gasteiger partial charge < -0.3 is 0 Å². The maximum atomic E-state index is 5.98. The Morgan fingerprint density at radius 2 is 1.12 bits per heavy atom. The number of aryl methyl sites for hydroxylation is 1. The summed E-state index contributed by atoms with van der Waals surface area (Å²) in [5.74, 6) is 3.91. The molecule has 0 aliphatic heterocycles. The van der Waals surface area contributed by atoms with Crippen LogP contribution >= 0.6 is 0 Å². The van der Waals surface area contributed by atoms with E-state index in [2.05, 4.69) is 13.8 Å². The van der Waals surface area contributed by atoms with Crippen LogP contribution in [0.1, 0.15) is 19.4 Å². The van der Waals surface area contributed by atoms with E-state index in [4.69, 9.17) is 13.2 Å². The Labute approximate surface area is 161 Å². The molecule has 26 heavy (non-hydrogen) atoms. The first-order chi connectivity index (χ1) is 12.6. The fourth-order valence-corrected chi connectivity index (χ4v) is 3.39. The average molecular weight is 407 g/mol. The molecule has 3 nitrogen and oxygen atoms in total. The second-order valence-corrected chi connectivity index (χ2v) is 9.69. The number of rotatable bonds is 7. The third kappa shape index (κ3) is 5.56. The van der Waals surface area contributed by atoms with E-state index in [0.717, 1.165) is 34.3 Å². The van der Waals surface area contributed by atoms with Crippen molar-refractivity contribution in [1.82, 2.24) is 0 Å². The van der Waals surface area contributed by atoms with Crippen molar-refractivity contribution >= 4 is 15.8 Å². The van der Waals surface area contributed by atoms with Gasteiger partial charge in [0, 0.05) is 0 Å². The van der Waals surface area contributed by atoms with Crippen molar-refractivity contribution in [2.24, 2.45) is 0 Å². The molecule has 0 aliphatic carbocycles. The molecule has 0 spiro atoms. The van der Waals surface area contributed by atoms with Gasteiger partial charge in [-0.15, -0.1) is 0 Å². The Morgan fingerprint density at radius 1 is 0.654 bits per heavy atom. The summed E-state index contributed by atoms with van der Waals surface area (Å²) < 4.78 is 18.4. The Bertz CT molecular complexity index is 861. The number of hydrogen-bond donors (Lipinski definition) is 0. The molecule has 0 amide bonds. The Kier molecular flexibility index (Phi) is 6.23. The van der Waals surface area contributed by atoms with Gasteiger partial charge in [-0.1, -0.05) is 6.07 Å². The molecule has 4 heteroatoms. The van der Waals surface area contributed by atoms with E-state index >= 15 is 0 Å². The van der Waals surface area contributed by atoms with Crippen LogP contribution in [0.3, 0.4) is 0 Å². The van der Waals surface area contributed by atoms with E-state index in [9.17, 15) is 0 Å². The van der Waals surface area contributed by atoms with Gasteiger partial charge in [0.15, 0.2) is 0 Å². The quantitative estimate of drug-likeness (QED) is 0.424. The summed E-state index contributed by atoms with van der Waals surface area (Å²) >= 11 is -0.433. The number of ether oxygens (including phenoxy) is 2. The van der Waals surface area contributed by atoms with Crippen LogP contribution in [0.15, 0.2) is 72.8 Å². The van der Waals surface area contributed by atoms with Gasteiger partial charge in [-0.05, 0) is 6.92 Å². The molecule has 3 aromatic rings. The van der Waals surface area contributed by atoms with E-state index < -0.39 is 15.8 Å². The number of benzene rings is 3. The molecule has 0 unspecified atom stereocenters. The molecular formula is C22H22GeO3. The summed E-state index contributed by atoms with van der Waals surface area (Å²) in [5, 5.41) is 0. The van der Waals surface area contributed by atoms with Gasteiger partial charge in [-0.3, -0.25) is 0 Å². The molecule has 0 N–H and O–H groups in total. The normalized spacial score (nSPS) is 10.6. The molecule has 0 saturated heterocycles. The fourth-order valence-electron chi connectivity index (χ4n) is 2.34. The predicted octanol–water partition coefficient (Wildman–Crippen LogP) is 6.41. The van der Waals surface area contributed by atoms with Crippen LogP contribution in [0.25, 0.3) is 0 Å². The summed E-state index contributed by atoms with van der Waals surface area (Å²) in [4.78, 5) is 0. The van der Waals surface area contributed by atoms with Crippen molar-refractivity contribution < 1.29 is 13.2 Å². The minimum atomic E-state index is -0.433. The summed E-state index contributed by atoms with van der Waals surface area (Å²) in [5.41, 5.74) is 1.16.